The minimum atomic E-state index is -0.822. The summed E-state index contributed by atoms with van der Waals surface area (Å²) in [6.07, 6.45) is 3.19. The maximum absolute atomic E-state index is 8.98. The summed E-state index contributed by atoms with van der Waals surface area (Å²) in [6.45, 7) is 3.37. The van der Waals surface area contributed by atoms with Gasteiger partial charge in [0.1, 0.15) is 18.9 Å². The standard InChI is InChI=1S/C6H8N4O/c1-2-5(11)10-6-8-3-7-4-9-6/h2-5,11H,1H2,(H,7,8,9,10). The van der Waals surface area contributed by atoms with Crippen molar-refractivity contribution in [2.24, 2.45) is 0 Å². The van der Waals surface area contributed by atoms with Crippen LogP contribution in [0.25, 0.3) is 0 Å². The SMILES string of the molecule is C=CC(O)Nc1ncncn1. The first-order valence-electron chi connectivity index (χ1n) is 3.02. The van der Waals surface area contributed by atoms with Crippen LogP contribution in [0.3, 0.4) is 0 Å². The average Bonchev–Trinajstić information content (AvgIpc) is 2.06. The number of aliphatic hydroxyl groups excluding tert-OH is 1. The van der Waals surface area contributed by atoms with Crippen LogP contribution in [0.4, 0.5) is 5.95 Å². The minimum Gasteiger partial charge on any atom is -0.370 e. The number of aromatic nitrogens is 3. The van der Waals surface area contributed by atoms with Gasteiger partial charge in [0.2, 0.25) is 5.95 Å². The Morgan fingerprint density at radius 1 is 1.55 bits per heavy atom. The summed E-state index contributed by atoms with van der Waals surface area (Å²) in [5.74, 6) is 0.326. The number of aliphatic hydroxyl groups is 1. The summed E-state index contributed by atoms with van der Waals surface area (Å²) < 4.78 is 0. The van der Waals surface area contributed by atoms with Crippen molar-refractivity contribution in [3.05, 3.63) is 25.3 Å². The molecule has 0 radical (unpaired) electrons. The third-order valence-electron chi connectivity index (χ3n) is 0.994. The molecule has 5 heteroatoms. The second-order valence-corrected chi connectivity index (χ2v) is 1.79. The highest BCUT2D eigenvalue weighted by Gasteiger charge is 1.97. The molecule has 0 saturated heterocycles. The van der Waals surface area contributed by atoms with Gasteiger partial charge in [-0.3, -0.25) is 0 Å². The molecular weight excluding hydrogens is 144 g/mol. The lowest BCUT2D eigenvalue weighted by Gasteiger charge is -2.05. The van der Waals surface area contributed by atoms with E-state index in [1.807, 2.05) is 0 Å². The Bertz CT molecular complexity index is 225. The van der Waals surface area contributed by atoms with Crippen LogP contribution in [0.5, 0.6) is 0 Å². The number of nitrogens with zero attached hydrogens (tertiary/aromatic N) is 3. The highest BCUT2D eigenvalue weighted by Crippen LogP contribution is 1.94. The smallest absolute Gasteiger partial charge is 0.227 e. The molecule has 0 fully saturated rings. The second-order valence-electron chi connectivity index (χ2n) is 1.79. The van der Waals surface area contributed by atoms with E-state index in [9.17, 15) is 0 Å². The van der Waals surface area contributed by atoms with Crippen molar-refractivity contribution in [3.8, 4) is 0 Å². The maximum atomic E-state index is 8.98. The molecular formula is C6H8N4O. The van der Waals surface area contributed by atoms with Crippen LogP contribution in [-0.4, -0.2) is 26.3 Å². The van der Waals surface area contributed by atoms with Crippen molar-refractivity contribution in [1.29, 1.82) is 0 Å². The summed E-state index contributed by atoms with van der Waals surface area (Å²) in [4.78, 5) is 11.1. The zero-order valence-electron chi connectivity index (χ0n) is 5.81. The first-order valence-corrected chi connectivity index (χ1v) is 3.02. The molecule has 0 aliphatic heterocycles. The third kappa shape index (κ3) is 2.30. The van der Waals surface area contributed by atoms with Gasteiger partial charge in [0.25, 0.3) is 0 Å². The molecule has 0 saturated carbocycles. The summed E-state index contributed by atoms with van der Waals surface area (Å²) in [5.41, 5.74) is 0. The molecule has 2 N–H and O–H groups in total. The van der Waals surface area contributed by atoms with Crippen molar-refractivity contribution in [3.63, 3.8) is 0 Å². The Kier molecular flexibility index (Phi) is 2.51. The third-order valence-corrected chi connectivity index (χ3v) is 0.994. The van der Waals surface area contributed by atoms with Gasteiger partial charge in [0.05, 0.1) is 0 Å². The van der Waals surface area contributed by atoms with Crippen molar-refractivity contribution < 1.29 is 5.11 Å². The topological polar surface area (TPSA) is 70.9 Å². The Morgan fingerprint density at radius 3 is 2.73 bits per heavy atom. The number of nitrogens with one attached hydrogen (secondary N) is 1. The zero-order chi connectivity index (χ0) is 8.10. The molecule has 11 heavy (non-hydrogen) atoms. The number of rotatable bonds is 3. The molecule has 1 aromatic heterocycles. The largest absolute Gasteiger partial charge is 0.370 e. The Labute approximate surface area is 63.8 Å². The first-order chi connectivity index (χ1) is 5.33. The highest BCUT2D eigenvalue weighted by atomic mass is 16.3. The zero-order valence-corrected chi connectivity index (χ0v) is 5.81. The molecule has 0 aromatic carbocycles. The summed E-state index contributed by atoms with van der Waals surface area (Å²) in [7, 11) is 0. The van der Waals surface area contributed by atoms with E-state index in [0.717, 1.165) is 0 Å². The van der Waals surface area contributed by atoms with Gasteiger partial charge < -0.3 is 10.4 Å². The van der Waals surface area contributed by atoms with Crippen LogP contribution in [0.2, 0.25) is 0 Å². The van der Waals surface area contributed by atoms with Gasteiger partial charge in [0, 0.05) is 0 Å². The molecule has 1 rings (SSSR count). The fraction of sp³-hybridized carbons (Fsp3) is 0.167. The summed E-state index contributed by atoms with van der Waals surface area (Å²) in [6, 6.07) is 0. The number of hydrogen-bond donors (Lipinski definition) is 2. The van der Waals surface area contributed by atoms with E-state index in [-0.39, 0.29) is 0 Å². The van der Waals surface area contributed by atoms with E-state index < -0.39 is 6.23 Å². The predicted octanol–water partition coefficient (Wildman–Crippen LogP) is -0.212. The van der Waals surface area contributed by atoms with E-state index in [1.54, 1.807) is 0 Å². The van der Waals surface area contributed by atoms with Crippen LogP contribution in [0.1, 0.15) is 0 Å². The van der Waals surface area contributed by atoms with Crippen LogP contribution in [0.15, 0.2) is 25.3 Å². The highest BCUT2D eigenvalue weighted by molar-refractivity contribution is 5.23. The average molecular weight is 152 g/mol. The normalized spacial score (nSPS) is 12.1. The van der Waals surface area contributed by atoms with Crippen molar-refractivity contribution in [2.45, 2.75) is 6.23 Å². The van der Waals surface area contributed by atoms with E-state index >= 15 is 0 Å². The molecule has 1 atom stereocenters. The van der Waals surface area contributed by atoms with E-state index in [0.29, 0.717) is 5.95 Å². The van der Waals surface area contributed by atoms with Gasteiger partial charge in [0.15, 0.2) is 0 Å². The fourth-order valence-corrected chi connectivity index (χ4v) is 0.505. The minimum absolute atomic E-state index is 0.326. The van der Waals surface area contributed by atoms with Gasteiger partial charge in [-0.2, -0.15) is 0 Å². The Morgan fingerprint density at radius 2 is 2.18 bits per heavy atom. The maximum Gasteiger partial charge on any atom is 0.227 e. The van der Waals surface area contributed by atoms with Gasteiger partial charge in [-0.25, -0.2) is 15.0 Å². The molecule has 0 aliphatic rings. The fourth-order valence-electron chi connectivity index (χ4n) is 0.505. The molecule has 0 spiro atoms. The van der Waals surface area contributed by atoms with E-state index in [2.05, 4.69) is 26.8 Å². The molecule has 1 unspecified atom stereocenters. The van der Waals surface area contributed by atoms with Gasteiger partial charge >= 0.3 is 0 Å². The van der Waals surface area contributed by atoms with Crippen LogP contribution < -0.4 is 5.32 Å². The monoisotopic (exact) mass is 152 g/mol. The van der Waals surface area contributed by atoms with Gasteiger partial charge in [-0.15, -0.1) is 0 Å². The Balaban J connectivity index is 2.57. The second kappa shape index (κ2) is 3.62. The predicted molar refractivity (Wildman–Crippen MR) is 39.7 cm³/mol. The molecule has 5 nitrogen and oxygen atoms in total. The molecule has 0 bridgehead atoms. The van der Waals surface area contributed by atoms with Crippen molar-refractivity contribution in [1.82, 2.24) is 15.0 Å². The lowest BCUT2D eigenvalue weighted by atomic mass is 10.5. The van der Waals surface area contributed by atoms with E-state index in [1.165, 1.54) is 18.7 Å². The molecule has 0 aliphatic carbocycles. The lowest BCUT2D eigenvalue weighted by molar-refractivity contribution is 0.251. The molecule has 1 heterocycles. The van der Waals surface area contributed by atoms with Crippen LogP contribution in [-0.2, 0) is 0 Å². The summed E-state index contributed by atoms with van der Waals surface area (Å²) >= 11 is 0. The summed E-state index contributed by atoms with van der Waals surface area (Å²) in [5, 5.41) is 11.5. The van der Waals surface area contributed by atoms with Crippen molar-refractivity contribution in [2.75, 3.05) is 5.32 Å². The van der Waals surface area contributed by atoms with Crippen LogP contribution in [0, 0.1) is 0 Å². The van der Waals surface area contributed by atoms with Crippen molar-refractivity contribution >= 4 is 5.95 Å². The van der Waals surface area contributed by atoms with Gasteiger partial charge in [-0.05, 0) is 6.08 Å². The first kappa shape index (κ1) is 7.62. The van der Waals surface area contributed by atoms with Crippen LogP contribution >= 0.6 is 0 Å². The van der Waals surface area contributed by atoms with Gasteiger partial charge in [-0.1, -0.05) is 6.58 Å². The molecule has 0 amide bonds. The quantitative estimate of drug-likeness (QED) is 0.463. The lowest BCUT2D eigenvalue weighted by Crippen LogP contribution is -2.16. The Hall–Kier alpha value is -1.49. The van der Waals surface area contributed by atoms with E-state index in [4.69, 9.17) is 5.11 Å². The number of anilines is 1. The number of hydrogen-bond acceptors (Lipinski definition) is 5. The molecule has 58 valence electrons. The molecule has 1 aromatic rings.